The molecular weight excluding hydrogens is 304 g/mol. The van der Waals surface area contributed by atoms with Crippen molar-refractivity contribution in [2.45, 2.75) is 24.4 Å². The Hall–Kier alpha value is -2.17. The molecule has 2 aromatic rings. The van der Waals surface area contributed by atoms with Gasteiger partial charge in [0.05, 0.1) is 19.0 Å². The highest BCUT2D eigenvalue weighted by atomic mass is 16.4. The van der Waals surface area contributed by atoms with Crippen molar-refractivity contribution < 1.29 is 25.5 Å². The van der Waals surface area contributed by atoms with Gasteiger partial charge in [0.15, 0.2) is 5.82 Å². The van der Waals surface area contributed by atoms with Crippen LogP contribution < -0.4 is 5.43 Å². The molecule has 0 aliphatic carbocycles. The third kappa shape index (κ3) is 4.18. The van der Waals surface area contributed by atoms with Gasteiger partial charge in [0.25, 0.3) is 0 Å². The Morgan fingerprint density at radius 1 is 1.13 bits per heavy atom. The summed E-state index contributed by atoms with van der Waals surface area (Å²) in [6, 6.07) is 7.34. The highest BCUT2D eigenvalue weighted by Crippen LogP contribution is 2.18. The average molecular weight is 322 g/mol. The van der Waals surface area contributed by atoms with Crippen molar-refractivity contribution >= 4 is 22.8 Å². The summed E-state index contributed by atoms with van der Waals surface area (Å²) in [4.78, 5) is 0. The number of hydrogen-bond donors (Lipinski definition) is 6. The predicted molar refractivity (Wildman–Crippen MR) is 82.8 cm³/mol. The Morgan fingerprint density at radius 2 is 1.87 bits per heavy atom. The summed E-state index contributed by atoms with van der Waals surface area (Å²) in [6.07, 6.45) is -4.00. The number of benzene rings is 1. The molecule has 0 unspecified atom stereocenters. The Kier molecular flexibility index (Phi) is 5.90. The molecule has 9 nitrogen and oxygen atoms in total. The van der Waals surface area contributed by atoms with Gasteiger partial charge in [0, 0.05) is 10.8 Å². The molecule has 0 saturated heterocycles. The fraction of sp³-hybridized carbons (Fsp3) is 0.357. The minimum absolute atomic E-state index is 0.358. The molecule has 0 saturated carbocycles. The van der Waals surface area contributed by atoms with Gasteiger partial charge in [-0.2, -0.15) is 10.2 Å². The SMILES string of the molecule is OC[C@@H](O)[C@@H](O)[C@H](O)[C@@H](O)/C=N/Nc1nncc2ccccc12. The van der Waals surface area contributed by atoms with Gasteiger partial charge in [-0.05, 0) is 0 Å². The van der Waals surface area contributed by atoms with E-state index in [0.29, 0.717) is 5.82 Å². The second-order valence-electron chi connectivity index (χ2n) is 4.89. The van der Waals surface area contributed by atoms with Crippen molar-refractivity contribution in [3.05, 3.63) is 30.5 Å². The van der Waals surface area contributed by atoms with E-state index in [1.807, 2.05) is 24.3 Å². The minimum atomic E-state index is -1.71. The highest BCUT2D eigenvalue weighted by molar-refractivity contribution is 5.90. The molecule has 1 aromatic heterocycles. The van der Waals surface area contributed by atoms with Crippen LogP contribution in [0, 0.1) is 0 Å². The van der Waals surface area contributed by atoms with Crippen molar-refractivity contribution in [1.82, 2.24) is 10.2 Å². The number of aliphatic hydroxyl groups excluding tert-OH is 5. The molecule has 2 rings (SSSR count). The zero-order valence-corrected chi connectivity index (χ0v) is 12.1. The normalized spacial score (nSPS) is 17.1. The average Bonchev–Trinajstić information content (AvgIpc) is 2.59. The second kappa shape index (κ2) is 7.90. The molecule has 0 spiro atoms. The van der Waals surface area contributed by atoms with Crippen LogP contribution in [0.1, 0.15) is 0 Å². The van der Waals surface area contributed by atoms with E-state index < -0.39 is 31.0 Å². The summed E-state index contributed by atoms with van der Waals surface area (Å²) in [7, 11) is 0. The first-order valence-electron chi connectivity index (χ1n) is 6.87. The van der Waals surface area contributed by atoms with E-state index in [1.165, 1.54) is 0 Å². The summed E-state index contributed by atoms with van der Waals surface area (Å²) < 4.78 is 0. The standard InChI is InChI=1S/C14H18N4O5/c19-7-11(21)13(23)12(22)10(20)6-16-18-14-9-4-2-1-3-8(9)5-15-17-14/h1-6,10-13,19-23H,7H2,(H,17,18)/b16-6+/t10-,11+,12+,13+/m0/s1. The molecule has 124 valence electrons. The Labute approximate surface area is 131 Å². The smallest absolute Gasteiger partial charge is 0.176 e. The predicted octanol–water partition coefficient (Wildman–Crippen LogP) is -1.54. The number of hydrazone groups is 1. The van der Waals surface area contributed by atoms with Crippen LogP contribution in [-0.4, -0.2) is 73.0 Å². The number of nitrogens with zero attached hydrogens (tertiary/aromatic N) is 3. The molecule has 6 N–H and O–H groups in total. The zero-order chi connectivity index (χ0) is 16.8. The Morgan fingerprint density at radius 3 is 2.61 bits per heavy atom. The molecule has 0 amide bonds. The number of fused-ring (bicyclic) bond motifs is 1. The van der Waals surface area contributed by atoms with Crippen molar-refractivity contribution in [3.8, 4) is 0 Å². The van der Waals surface area contributed by atoms with Gasteiger partial charge in [-0.1, -0.05) is 24.3 Å². The first kappa shape index (κ1) is 17.2. The van der Waals surface area contributed by atoms with Crippen LogP contribution in [-0.2, 0) is 0 Å². The largest absolute Gasteiger partial charge is 0.394 e. The van der Waals surface area contributed by atoms with E-state index in [1.54, 1.807) is 6.20 Å². The van der Waals surface area contributed by atoms with Gasteiger partial charge in [-0.15, -0.1) is 5.10 Å². The first-order valence-corrected chi connectivity index (χ1v) is 6.87. The van der Waals surface area contributed by atoms with E-state index in [-0.39, 0.29) is 0 Å². The molecule has 23 heavy (non-hydrogen) atoms. The van der Waals surface area contributed by atoms with Gasteiger partial charge >= 0.3 is 0 Å². The first-order chi connectivity index (χ1) is 11.0. The molecule has 0 bridgehead atoms. The van der Waals surface area contributed by atoms with Crippen molar-refractivity contribution in [3.63, 3.8) is 0 Å². The molecule has 4 atom stereocenters. The summed E-state index contributed by atoms with van der Waals surface area (Å²) >= 11 is 0. The number of hydrogen-bond acceptors (Lipinski definition) is 9. The van der Waals surface area contributed by atoms with E-state index in [9.17, 15) is 20.4 Å². The number of anilines is 1. The minimum Gasteiger partial charge on any atom is -0.394 e. The summed E-state index contributed by atoms with van der Waals surface area (Å²) in [6.45, 7) is -0.744. The molecule has 0 aliphatic rings. The second-order valence-corrected chi connectivity index (χ2v) is 4.89. The number of aromatic nitrogens is 2. The van der Waals surface area contributed by atoms with Gasteiger partial charge < -0.3 is 25.5 Å². The van der Waals surface area contributed by atoms with Crippen LogP contribution in [0.5, 0.6) is 0 Å². The summed E-state index contributed by atoms with van der Waals surface area (Å²) in [5, 5.41) is 59.8. The van der Waals surface area contributed by atoms with Crippen molar-refractivity contribution in [2.75, 3.05) is 12.0 Å². The number of rotatable bonds is 7. The number of nitrogens with one attached hydrogen (secondary N) is 1. The lowest BCUT2D eigenvalue weighted by Crippen LogP contribution is -2.46. The topological polar surface area (TPSA) is 151 Å². The van der Waals surface area contributed by atoms with Gasteiger partial charge in [-0.3, -0.25) is 5.43 Å². The van der Waals surface area contributed by atoms with Crippen LogP contribution in [0.3, 0.4) is 0 Å². The van der Waals surface area contributed by atoms with Crippen LogP contribution in [0.25, 0.3) is 10.8 Å². The summed E-state index contributed by atoms with van der Waals surface area (Å²) in [5.74, 6) is 0.358. The van der Waals surface area contributed by atoms with Crippen molar-refractivity contribution in [2.24, 2.45) is 5.10 Å². The van der Waals surface area contributed by atoms with Crippen molar-refractivity contribution in [1.29, 1.82) is 0 Å². The van der Waals surface area contributed by atoms with Crippen LogP contribution in [0.4, 0.5) is 5.82 Å². The van der Waals surface area contributed by atoms with Crippen LogP contribution >= 0.6 is 0 Å². The molecule has 9 heteroatoms. The van der Waals surface area contributed by atoms with Crippen LogP contribution in [0.15, 0.2) is 35.6 Å². The van der Waals surface area contributed by atoms with E-state index in [2.05, 4.69) is 20.7 Å². The maximum Gasteiger partial charge on any atom is 0.176 e. The monoisotopic (exact) mass is 322 g/mol. The van der Waals surface area contributed by atoms with Gasteiger partial charge in [0.1, 0.15) is 24.4 Å². The fourth-order valence-corrected chi connectivity index (χ4v) is 1.91. The maximum atomic E-state index is 9.70. The quantitative estimate of drug-likeness (QED) is 0.265. The molecule has 0 aliphatic heterocycles. The molecule has 1 heterocycles. The molecule has 0 fully saturated rings. The molecule has 1 aromatic carbocycles. The van der Waals surface area contributed by atoms with E-state index in [4.69, 9.17) is 5.11 Å². The zero-order valence-electron chi connectivity index (χ0n) is 12.1. The van der Waals surface area contributed by atoms with Gasteiger partial charge in [-0.25, -0.2) is 0 Å². The van der Waals surface area contributed by atoms with Gasteiger partial charge in [0.2, 0.25) is 0 Å². The third-order valence-corrected chi connectivity index (χ3v) is 3.25. The Balaban J connectivity index is 2.03. The third-order valence-electron chi connectivity index (χ3n) is 3.25. The van der Waals surface area contributed by atoms with E-state index >= 15 is 0 Å². The summed E-state index contributed by atoms with van der Waals surface area (Å²) in [5.41, 5.74) is 2.59. The van der Waals surface area contributed by atoms with Crippen LogP contribution in [0.2, 0.25) is 0 Å². The lowest BCUT2D eigenvalue weighted by atomic mass is 10.0. The number of aliphatic hydroxyl groups is 5. The lowest BCUT2D eigenvalue weighted by Gasteiger charge is -2.23. The Bertz CT molecular complexity index is 663. The van der Waals surface area contributed by atoms with E-state index in [0.717, 1.165) is 17.0 Å². The highest BCUT2D eigenvalue weighted by Gasteiger charge is 2.29. The lowest BCUT2D eigenvalue weighted by molar-refractivity contribution is -0.0999. The fourth-order valence-electron chi connectivity index (χ4n) is 1.91. The molecular formula is C14H18N4O5. The maximum absolute atomic E-state index is 9.70. The molecule has 0 radical (unpaired) electrons.